The number of ether oxygens (including phenoxy) is 6. The quantitative estimate of drug-likeness (QED) is 0.248. The molecule has 3 aliphatic rings. The third kappa shape index (κ3) is 9.43. The number of Topliss-reactive ketones (excluding diaryl/α,β-unsaturated/α-hetero) is 1. The van der Waals surface area contributed by atoms with Crippen molar-refractivity contribution in [1.29, 1.82) is 0 Å². The van der Waals surface area contributed by atoms with E-state index in [1.54, 1.807) is 62.4 Å². The van der Waals surface area contributed by atoms with E-state index >= 15 is 0 Å². The van der Waals surface area contributed by atoms with Gasteiger partial charge in [0.05, 0.1) is 41.5 Å². The summed E-state index contributed by atoms with van der Waals surface area (Å²) in [5, 5.41) is 57.1. The number of hydrogen-bond donors (Lipinski definition) is 5. The molecule has 3 rings (SSSR count). The molecule has 0 unspecified atom stereocenters. The molecule has 292 valence electrons. The molecule has 3 fully saturated rings. The van der Waals surface area contributed by atoms with Crippen LogP contribution in [-0.4, -0.2) is 147 Å². The van der Waals surface area contributed by atoms with Crippen LogP contribution in [0.3, 0.4) is 0 Å². The molecule has 0 radical (unpaired) electrons. The van der Waals surface area contributed by atoms with Gasteiger partial charge < -0.3 is 58.9 Å². The molecule has 50 heavy (non-hydrogen) atoms. The standard InChI is InChI=1S/C36H65NO13/c1-13-25-36(10,44)29(40)22(6)37(11)17-18(2)15-34(8,43)31(50-33-27(39)24(38)14-19(3)46-33)20(4)28(21(5)32(42)48-25)49-26-16-35(9,45-12)30(41)23(7)47-26/h18-23,25-31,33,39-41,43-44H,13-17H2,1-12H3/t18-,19+,20+,21+,22+,23-,25-,26+,27+,28+,29+,30+,31-,33-,34+,35-,36+/m0/s1. The molecule has 3 aliphatic heterocycles. The fourth-order valence-electron chi connectivity index (χ4n) is 8.10. The second-order valence-electron chi connectivity index (χ2n) is 16.0. The van der Waals surface area contributed by atoms with Gasteiger partial charge in [-0.25, -0.2) is 0 Å². The first-order valence-corrected chi connectivity index (χ1v) is 18.1. The summed E-state index contributed by atoms with van der Waals surface area (Å²) in [6.45, 7) is 17.3. The van der Waals surface area contributed by atoms with Crippen molar-refractivity contribution in [1.82, 2.24) is 4.90 Å². The van der Waals surface area contributed by atoms with Crippen LogP contribution in [0, 0.1) is 17.8 Å². The van der Waals surface area contributed by atoms with Crippen molar-refractivity contribution < 1.29 is 63.5 Å². The number of ketones is 1. The third-order valence-electron chi connectivity index (χ3n) is 11.4. The van der Waals surface area contributed by atoms with E-state index in [-0.39, 0.29) is 31.6 Å². The number of aliphatic hydroxyl groups excluding tert-OH is 3. The molecule has 5 N–H and O–H groups in total. The summed E-state index contributed by atoms with van der Waals surface area (Å²) < 4.78 is 36.6. The molecule has 14 heteroatoms. The Hall–Kier alpha value is -1.30. The minimum atomic E-state index is -1.82. The number of carbonyl (C=O) groups is 2. The first kappa shape index (κ1) is 43.1. The van der Waals surface area contributed by atoms with Crippen molar-refractivity contribution in [3.63, 3.8) is 0 Å². The van der Waals surface area contributed by atoms with Crippen LogP contribution >= 0.6 is 0 Å². The molecular weight excluding hydrogens is 654 g/mol. The van der Waals surface area contributed by atoms with Gasteiger partial charge in [0.15, 0.2) is 24.5 Å². The van der Waals surface area contributed by atoms with E-state index < -0.39 is 108 Å². The summed E-state index contributed by atoms with van der Waals surface area (Å²) in [5.41, 5.74) is -4.52. The predicted octanol–water partition coefficient (Wildman–Crippen LogP) is 1.54. The smallest absolute Gasteiger partial charge is 0.311 e. The second-order valence-corrected chi connectivity index (χ2v) is 16.0. The summed E-state index contributed by atoms with van der Waals surface area (Å²) in [7, 11) is 3.28. The zero-order valence-electron chi connectivity index (χ0n) is 32.1. The number of hydrogen-bond acceptors (Lipinski definition) is 14. The molecule has 17 atom stereocenters. The normalized spacial score (nSPS) is 49.5. The van der Waals surface area contributed by atoms with E-state index in [2.05, 4.69) is 0 Å². The molecule has 0 saturated carbocycles. The molecule has 0 bridgehead atoms. The molecule has 0 amide bonds. The van der Waals surface area contributed by atoms with Gasteiger partial charge >= 0.3 is 5.97 Å². The maximum atomic E-state index is 14.1. The Morgan fingerprint density at radius 1 is 0.920 bits per heavy atom. The van der Waals surface area contributed by atoms with Crippen LogP contribution in [0.5, 0.6) is 0 Å². The van der Waals surface area contributed by atoms with Crippen molar-refractivity contribution in [3.05, 3.63) is 0 Å². The lowest BCUT2D eigenvalue weighted by molar-refractivity contribution is -0.311. The van der Waals surface area contributed by atoms with Gasteiger partial charge in [-0.05, 0) is 74.3 Å². The Morgan fingerprint density at radius 3 is 2.12 bits per heavy atom. The van der Waals surface area contributed by atoms with Crippen molar-refractivity contribution in [2.45, 2.75) is 179 Å². The molecule has 3 heterocycles. The van der Waals surface area contributed by atoms with E-state index in [1.165, 1.54) is 14.0 Å². The zero-order chi connectivity index (χ0) is 38.1. The average molecular weight is 720 g/mol. The number of nitrogens with zero attached hydrogens (tertiary/aromatic N) is 1. The molecule has 0 spiro atoms. The number of aliphatic hydroxyl groups is 5. The van der Waals surface area contributed by atoms with Crippen molar-refractivity contribution in [2.24, 2.45) is 17.8 Å². The summed E-state index contributed by atoms with van der Waals surface area (Å²) in [6.07, 6.45) is -10.4. The van der Waals surface area contributed by atoms with E-state index in [0.29, 0.717) is 6.54 Å². The maximum absolute atomic E-state index is 14.1. The number of carbonyl (C=O) groups excluding carboxylic acids is 2. The highest BCUT2D eigenvalue weighted by Crippen LogP contribution is 2.39. The number of rotatable bonds is 6. The van der Waals surface area contributed by atoms with Gasteiger partial charge in [-0.1, -0.05) is 20.8 Å². The Bertz CT molecular complexity index is 1140. The molecule has 0 aromatic rings. The van der Waals surface area contributed by atoms with E-state index in [1.807, 2.05) is 11.8 Å². The van der Waals surface area contributed by atoms with Crippen molar-refractivity contribution in [2.75, 3.05) is 20.7 Å². The van der Waals surface area contributed by atoms with Gasteiger partial charge in [-0.15, -0.1) is 0 Å². The van der Waals surface area contributed by atoms with Gasteiger partial charge in [0.1, 0.15) is 23.9 Å². The molecular formula is C36H65NO13. The summed E-state index contributed by atoms with van der Waals surface area (Å²) in [4.78, 5) is 28.6. The molecule has 0 aromatic heterocycles. The van der Waals surface area contributed by atoms with Crippen LogP contribution in [0.2, 0.25) is 0 Å². The Morgan fingerprint density at radius 2 is 1.54 bits per heavy atom. The molecule has 0 aromatic carbocycles. The summed E-state index contributed by atoms with van der Waals surface area (Å²) >= 11 is 0. The Kier molecular flexibility index (Phi) is 14.5. The van der Waals surface area contributed by atoms with E-state index in [0.717, 1.165) is 0 Å². The van der Waals surface area contributed by atoms with Crippen molar-refractivity contribution >= 4 is 11.8 Å². The first-order chi connectivity index (χ1) is 23.0. The van der Waals surface area contributed by atoms with Crippen LogP contribution in [0.4, 0.5) is 0 Å². The van der Waals surface area contributed by atoms with Gasteiger partial charge in [-0.3, -0.25) is 9.59 Å². The SMILES string of the molecule is CC[C@@H]1OC(=O)[C@H](C)[C@H](O[C@@H]2C[C@](C)(OC)[C@H](O)[C@H](C)O2)[C@@H](C)[C@H](O[C@@H]2O[C@H](C)CC(=O)[C@H]2O)[C@](C)(O)C[C@H](C)CN(C)[C@H](C)[C@@H](O)[C@]1(C)O. The van der Waals surface area contributed by atoms with Gasteiger partial charge in [0, 0.05) is 38.5 Å². The largest absolute Gasteiger partial charge is 0.459 e. The number of esters is 1. The lowest BCUT2D eigenvalue weighted by Crippen LogP contribution is -2.59. The summed E-state index contributed by atoms with van der Waals surface area (Å²) in [5.74, 6) is -3.28. The number of methoxy groups -OCH3 is 1. The van der Waals surface area contributed by atoms with Gasteiger partial charge in [-0.2, -0.15) is 0 Å². The third-order valence-corrected chi connectivity index (χ3v) is 11.4. The molecule has 3 saturated heterocycles. The zero-order valence-corrected chi connectivity index (χ0v) is 32.1. The highest BCUT2D eigenvalue weighted by atomic mass is 16.7. The Balaban J connectivity index is 2.16. The maximum Gasteiger partial charge on any atom is 0.311 e. The summed E-state index contributed by atoms with van der Waals surface area (Å²) in [6, 6.07) is -0.566. The topological polar surface area (TPSA) is 194 Å². The van der Waals surface area contributed by atoms with Crippen LogP contribution in [-0.2, 0) is 38.0 Å². The Labute approximate surface area is 297 Å². The van der Waals surface area contributed by atoms with Crippen molar-refractivity contribution in [3.8, 4) is 0 Å². The molecule has 0 aliphatic carbocycles. The number of likely N-dealkylation sites (N-methyl/N-ethyl adjacent to an activating group) is 1. The fraction of sp³-hybridized carbons (Fsp3) is 0.944. The highest BCUT2D eigenvalue weighted by molar-refractivity contribution is 5.84. The van der Waals surface area contributed by atoms with Gasteiger partial charge in [0.25, 0.3) is 0 Å². The van der Waals surface area contributed by atoms with E-state index in [9.17, 15) is 35.1 Å². The first-order valence-electron chi connectivity index (χ1n) is 18.1. The number of cyclic esters (lactones) is 1. The van der Waals surface area contributed by atoms with Crippen LogP contribution in [0.15, 0.2) is 0 Å². The lowest BCUT2D eigenvalue weighted by Gasteiger charge is -2.48. The monoisotopic (exact) mass is 719 g/mol. The van der Waals surface area contributed by atoms with Crippen LogP contribution in [0.1, 0.15) is 94.9 Å². The van der Waals surface area contributed by atoms with Crippen LogP contribution < -0.4 is 0 Å². The predicted molar refractivity (Wildman–Crippen MR) is 182 cm³/mol. The average Bonchev–Trinajstić information content (AvgIpc) is 3.03. The fourth-order valence-corrected chi connectivity index (χ4v) is 8.10. The minimum absolute atomic E-state index is 0.00332. The second kappa shape index (κ2) is 16.8. The lowest BCUT2D eigenvalue weighted by atomic mass is 9.77. The van der Waals surface area contributed by atoms with Gasteiger partial charge in [0.2, 0.25) is 0 Å². The minimum Gasteiger partial charge on any atom is -0.459 e. The highest BCUT2D eigenvalue weighted by Gasteiger charge is 2.52. The van der Waals surface area contributed by atoms with E-state index in [4.69, 9.17) is 28.4 Å². The van der Waals surface area contributed by atoms with Crippen LogP contribution in [0.25, 0.3) is 0 Å². The molecule has 14 nitrogen and oxygen atoms in total.